The molecule has 0 radical (unpaired) electrons. The third-order valence-corrected chi connectivity index (χ3v) is 4.17. The number of nitro groups is 2. The van der Waals surface area contributed by atoms with Crippen molar-refractivity contribution in [3.63, 3.8) is 0 Å². The Balaban J connectivity index is 0.00000261. The number of β-amino-alcohol motifs (C(OH)–C–C–N with tert-alkyl or cyclic N) is 1. The molecule has 1 aromatic carbocycles. The minimum atomic E-state index is -0.991. The maximum absolute atomic E-state index is 11.3. The number of rotatable bonds is 4. The average molecular weight is 398 g/mol. The number of benzene rings is 1. The van der Waals surface area contributed by atoms with Crippen LogP contribution in [0.2, 0.25) is 0 Å². The molecule has 0 spiro atoms. The number of aromatic nitrogens is 1. The first kappa shape index (κ1) is 20.5. The van der Waals surface area contributed by atoms with Gasteiger partial charge in [0.25, 0.3) is 11.4 Å². The van der Waals surface area contributed by atoms with Crippen molar-refractivity contribution in [2.45, 2.75) is 12.6 Å². The monoisotopic (exact) mass is 397 g/mol. The van der Waals surface area contributed by atoms with E-state index < -0.39 is 28.1 Å². The van der Waals surface area contributed by atoms with E-state index in [-0.39, 0.29) is 30.3 Å². The number of aliphatic hydroxyl groups excluding tert-OH is 2. The first-order valence-electron chi connectivity index (χ1n) is 7.59. The molecule has 0 aliphatic carbocycles. The number of non-ortho nitro benzene ring substituents is 1. The summed E-state index contributed by atoms with van der Waals surface area (Å²) in [5.74, 6) is 0. The predicted octanol–water partition coefficient (Wildman–Crippen LogP) is -2.87. The fourth-order valence-electron chi connectivity index (χ4n) is 2.85. The Morgan fingerprint density at radius 1 is 1.11 bits per heavy atom. The number of halogens is 1. The van der Waals surface area contributed by atoms with E-state index in [1.807, 2.05) is 0 Å². The molecule has 1 fully saturated rings. The maximum atomic E-state index is 11.3. The largest absolute Gasteiger partial charge is 1.00 e. The highest BCUT2D eigenvalue weighted by atomic mass is 35.5. The molecular formula is C15H16ClN5O6. The fourth-order valence-corrected chi connectivity index (χ4v) is 2.85. The first-order chi connectivity index (χ1) is 12.3. The van der Waals surface area contributed by atoms with E-state index in [1.165, 1.54) is 34.0 Å². The fraction of sp³-hybridized carbons (Fsp3) is 0.267. The average Bonchev–Trinajstić information content (AvgIpc) is 2.86. The minimum absolute atomic E-state index is 0. The van der Waals surface area contributed by atoms with Crippen molar-refractivity contribution in [1.82, 2.24) is 4.90 Å². The second-order valence-electron chi connectivity index (χ2n) is 5.82. The third kappa shape index (κ3) is 3.80. The molecule has 1 aliphatic rings. The summed E-state index contributed by atoms with van der Waals surface area (Å²) in [4.78, 5) is 23.7. The van der Waals surface area contributed by atoms with Gasteiger partial charge >= 0.3 is 5.69 Å². The zero-order valence-corrected chi connectivity index (χ0v) is 14.8. The Labute approximate surface area is 159 Å². The molecule has 1 saturated heterocycles. The zero-order valence-electron chi connectivity index (χ0n) is 14.0. The van der Waals surface area contributed by atoms with Crippen molar-refractivity contribution in [1.29, 1.82) is 0 Å². The van der Waals surface area contributed by atoms with Crippen LogP contribution >= 0.6 is 0 Å². The molecule has 1 aromatic heterocycles. The highest BCUT2D eigenvalue weighted by Gasteiger charge is 2.35. The summed E-state index contributed by atoms with van der Waals surface area (Å²) < 4.78 is 1.43. The lowest BCUT2D eigenvalue weighted by Gasteiger charge is -2.26. The molecule has 11 nitrogen and oxygen atoms in total. The molecule has 2 atom stereocenters. The molecule has 2 unspecified atom stereocenters. The summed E-state index contributed by atoms with van der Waals surface area (Å²) in [7, 11) is 1.66. The SMILES string of the molecule is CN1CC(O)N(c2cc[n+](-c3ccc([N+](=O)[O-])cc3[N+](=O)[O-])cc2)C1O.[Cl-]. The number of hydrogen-bond donors (Lipinski definition) is 2. The van der Waals surface area contributed by atoms with Gasteiger partial charge in [-0.05, 0) is 7.05 Å². The van der Waals surface area contributed by atoms with Gasteiger partial charge in [0.15, 0.2) is 18.7 Å². The molecule has 3 rings (SSSR count). The Kier molecular flexibility index (Phi) is 5.91. The van der Waals surface area contributed by atoms with Crippen LogP contribution in [0.5, 0.6) is 0 Å². The van der Waals surface area contributed by atoms with Gasteiger partial charge in [-0.15, -0.1) is 0 Å². The minimum Gasteiger partial charge on any atom is -1.00 e. The lowest BCUT2D eigenvalue weighted by Crippen LogP contribution is -3.00. The van der Waals surface area contributed by atoms with Gasteiger partial charge in [0.1, 0.15) is 12.3 Å². The predicted molar refractivity (Wildman–Crippen MR) is 88.4 cm³/mol. The molecule has 2 aromatic rings. The third-order valence-electron chi connectivity index (χ3n) is 4.17. The molecule has 1 aliphatic heterocycles. The molecular weight excluding hydrogens is 382 g/mol. The first-order valence-corrected chi connectivity index (χ1v) is 7.59. The van der Waals surface area contributed by atoms with Crippen LogP contribution in [0.4, 0.5) is 17.1 Å². The summed E-state index contributed by atoms with van der Waals surface area (Å²) in [6.45, 7) is 0.268. The van der Waals surface area contributed by atoms with E-state index in [1.54, 1.807) is 24.1 Å². The Hall–Kier alpha value is -2.86. The molecule has 144 valence electrons. The van der Waals surface area contributed by atoms with Gasteiger partial charge in [-0.2, -0.15) is 4.57 Å². The van der Waals surface area contributed by atoms with E-state index in [4.69, 9.17) is 0 Å². The van der Waals surface area contributed by atoms with Crippen molar-refractivity contribution < 1.29 is 37.0 Å². The van der Waals surface area contributed by atoms with Gasteiger partial charge in [-0.25, -0.2) is 0 Å². The van der Waals surface area contributed by atoms with Crippen LogP contribution in [0.3, 0.4) is 0 Å². The van der Waals surface area contributed by atoms with Gasteiger partial charge in [-0.3, -0.25) is 25.1 Å². The topological polar surface area (TPSA) is 137 Å². The Morgan fingerprint density at radius 3 is 2.22 bits per heavy atom. The van der Waals surface area contributed by atoms with E-state index in [2.05, 4.69) is 0 Å². The molecule has 2 heterocycles. The van der Waals surface area contributed by atoms with Crippen molar-refractivity contribution in [3.05, 3.63) is 63.0 Å². The lowest BCUT2D eigenvalue weighted by atomic mass is 10.2. The number of anilines is 1. The number of pyridine rings is 1. The van der Waals surface area contributed by atoms with Crippen LogP contribution in [0.25, 0.3) is 5.69 Å². The number of nitrogens with zero attached hydrogens (tertiary/aromatic N) is 5. The van der Waals surface area contributed by atoms with Crippen LogP contribution in [-0.2, 0) is 0 Å². The summed E-state index contributed by atoms with van der Waals surface area (Å²) in [6.07, 6.45) is 1.15. The highest BCUT2D eigenvalue weighted by Crippen LogP contribution is 2.26. The number of aliphatic hydroxyl groups is 2. The molecule has 12 heteroatoms. The second kappa shape index (κ2) is 7.80. The lowest BCUT2D eigenvalue weighted by molar-refractivity contribution is -0.600. The molecule has 0 bridgehead atoms. The molecule has 2 N–H and O–H groups in total. The highest BCUT2D eigenvalue weighted by molar-refractivity contribution is 5.54. The Bertz CT molecular complexity index is 864. The van der Waals surface area contributed by atoms with Crippen molar-refractivity contribution in [2.24, 2.45) is 0 Å². The van der Waals surface area contributed by atoms with E-state index in [9.17, 15) is 30.4 Å². The maximum Gasteiger partial charge on any atom is 0.347 e. The van der Waals surface area contributed by atoms with Crippen LogP contribution < -0.4 is 21.9 Å². The van der Waals surface area contributed by atoms with E-state index >= 15 is 0 Å². The van der Waals surface area contributed by atoms with Crippen LogP contribution in [0, 0.1) is 20.2 Å². The Morgan fingerprint density at radius 2 is 1.74 bits per heavy atom. The summed E-state index contributed by atoms with van der Waals surface area (Å²) >= 11 is 0. The van der Waals surface area contributed by atoms with Gasteiger partial charge < -0.3 is 27.5 Å². The summed E-state index contributed by atoms with van der Waals surface area (Å²) in [5, 5.41) is 42.2. The summed E-state index contributed by atoms with van der Waals surface area (Å²) in [5.41, 5.74) is -0.0936. The number of nitro benzene ring substituents is 2. The summed E-state index contributed by atoms with van der Waals surface area (Å²) in [6, 6.07) is 6.54. The molecule has 0 amide bonds. The van der Waals surface area contributed by atoms with Crippen molar-refractivity contribution >= 4 is 17.1 Å². The smallest absolute Gasteiger partial charge is 0.347 e. The van der Waals surface area contributed by atoms with Gasteiger partial charge in [-0.1, -0.05) is 0 Å². The number of likely N-dealkylation sites (N-methyl/N-ethyl adjacent to an activating group) is 1. The van der Waals surface area contributed by atoms with Crippen molar-refractivity contribution in [3.8, 4) is 5.69 Å². The quantitative estimate of drug-likeness (QED) is 0.319. The van der Waals surface area contributed by atoms with Gasteiger partial charge in [0.05, 0.1) is 15.5 Å². The molecule has 0 saturated carbocycles. The van der Waals surface area contributed by atoms with Crippen LogP contribution in [-0.4, -0.2) is 51.1 Å². The molecule has 27 heavy (non-hydrogen) atoms. The van der Waals surface area contributed by atoms with Crippen molar-refractivity contribution in [2.75, 3.05) is 18.5 Å². The van der Waals surface area contributed by atoms with E-state index in [0.29, 0.717) is 5.69 Å². The van der Waals surface area contributed by atoms with E-state index in [0.717, 1.165) is 6.07 Å². The van der Waals surface area contributed by atoms with Crippen LogP contribution in [0.15, 0.2) is 42.7 Å². The second-order valence-corrected chi connectivity index (χ2v) is 5.82. The standard InChI is InChI=1S/C15H16N5O6.ClH/c1-16-9-14(21)18(15(16)22)10-4-6-17(7-5-10)12-3-2-11(19(23)24)8-13(12)20(25)26;/h2-8,14-15,21-22H,9H2,1H3;1H/q+1;/p-1. The van der Waals surface area contributed by atoms with Gasteiger partial charge in [0.2, 0.25) is 0 Å². The number of hydrogen-bond acceptors (Lipinski definition) is 8. The van der Waals surface area contributed by atoms with Gasteiger partial charge in [0, 0.05) is 30.8 Å². The van der Waals surface area contributed by atoms with Crippen LogP contribution in [0.1, 0.15) is 0 Å². The normalized spacial score (nSPS) is 19.6. The zero-order chi connectivity index (χ0) is 19.0.